The van der Waals surface area contributed by atoms with Gasteiger partial charge < -0.3 is 9.64 Å². The Kier molecular flexibility index (Phi) is 4.63. The molecule has 0 amide bonds. The molecule has 2 nitrogen and oxygen atoms in total. The molecule has 0 fully saturated rings. The van der Waals surface area contributed by atoms with E-state index in [1.165, 1.54) is 34.0 Å². The standard InChI is InChI=1S/C19H23NOS/c1-4-15-12-20(16-8-6-5-7-9-16)17-10-14(2)18(21-3)11-19(17)22-13-15/h5-11,15H,4,12-13H2,1-3H3. The second-order valence-electron chi connectivity index (χ2n) is 5.82. The molecule has 22 heavy (non-hydrogen) atoms. The van der Waals surface area contributed by atoms with E-state index >= 15 is 0 Å². The van der Waals surface area contributed by atoms with E-state index in [1.54, 1.807) is 7.11 Å². The lowest BCUT2D eigenvalue weighted by atomic mass is 10.1. The van der Waals surface area contributed by atoms with Crippen molar-refractivity contribution in [2.24, 2.45) is 5.92 Å². The first-order valence-electron chi connectivity index (χ1n) is 7.87. The zero-order chi connectivity index (χ0) is 15.5. The molecule has 2 aromatic rings. The molecule has 3 heteroatoms. The van der Waals surface area contributed by atoms with Crippen molar-refractivity contribution in [3.8, 4) is 5.75 Å². The Morgan fingerprint density at radius 2 is 2.00 bits per heavy atom. The van der Waals surface area contributed by atoms with Gasteiger partial charge in [-0.2, -0.15) is 0 Å². The third-order valence-corrected chi connectivity index (χ3v) is 5.60. The minimum atomic E-state index is 0.698. The van der Waals surface area contributed by atoms with E-state index in [4.69, 9.17) is 4.74 Å². The van der Waals surface area contributed by atoms with Gasteiger partial charge in [-0.15, -0.1) is 11.8 Å². The molecule has 1 unspecified atom stereocenters. The zero-order valence-electron chi connectivity index (χ0n) is 13.5. The number of rotatable bonds is 3. The number of para-hydroxylation sites is 1. The van der Waals surface area contributed by atoms with E-state index in [2.05, 4.69) is 61.2 Å². The van der Waals surface area contributed by atoms with Crippen LogP contribution in [0.2, 0.25) is 0 Å². The van der Waals surface area contributed by atoms with E-state index in [-0.39, 0.29) is 0 Å². The van der Waals surface area contributed by atoms with Gasteiger partial charge in [0, 0.05) is 22.9 Å². The van der Waals surface area contributed by atoms with Crippen LogP contribution in [0.3, 0.4) is 0 Å². The number of fused-ring (bicyclic) bond motifs is 1. The van der Waals surface area contributed by atoms with Gasteiger partial charge in [-0.25, -0.2) is 0 Å². The first-order chi connectivity index (χ1) is 10.7. The van der Waals surface area contributed by atoms with E-state index < -0.39 is 0 Å². The molecule has 0 saturated carbocycles. The minimum absolute atomic E-state index is 0.698. The van der Waals surface area contributed by atoms with Gasteiger partial charge in [0.05, 0.1) is 12.8 Å². The summed E-state index contributed by atoms with van der Waals surface area (Å²) in [6.07, 6.45) is 1.21. The molecule has 116 valence electrons. The fourth-order valence-corrected chi connectivity index (χ4v) is 4.18. The summed E-state index contributed by atoms with van der Waals surface area (Å²) in [4.78, 5) is 3.79. The third kappa shape index (κ3) is 2.95. The number of ether oxygens (including phenoxy) is 1. The summed E-state index contributed by atoms with van der Waals surface area (Å²) in [6, 6.07) is 15.2. The average molecular weight is 313 g/mol. The van der Waals surface area contributed by atoms with Crippen LogP contribution in [-0.4, -0.2) is 19.4 Å². The molecule has 1 aliphatic rings. The summed E-state index contributed by atoms with van der Waals surface area (Å²) in [5.41, 5.74) is 3.78. The van der Waals surface area contributed by atoms with Gasteiger partial charge in [0.2, 0.25) is 0 Å². The molecule has 0 saturated heterocycles. The molecule has 1 atom stereocenters. The predicted molar refractivity (Wildman–Crippen MR) is 95.7 cm³/mol. The van der Waals surface area contributed by atoms with Gasteiger partial charge in [0.1, 0.15) is 5.75 Å². The van der Waals surface area contributed by atoms with E-state index in [0.29, 0.717) is 5.92 Å². The van der Waals surface area contributed by atoms with Crippen LogP contribution in [0, 0.1) is 12.8 Å². The highest BCUT2D eigenvalue weighted by Crippen LogP contribution is 2.42. The highest BCUT2D eigenvalue weighted by Gasteiger charge is 2.23. The molecule has 1 heterocycles. The average Bonchev–Trinajstić information content (AvgIpc) is 2.74. The van der Waals surface area contributed by atoms with Crippen LogP contribution in [0.5, 0.6) is 5.75 Å². The topological polar surface area (TPSA) is 12.5 Å². The summed E-state index contributed by atoms with van der Waals surface area (Å²) < 4.78 is 5.51. The van der Waals surface area contributed by atoms with Crippen LogP contribution in [0.15, 0.2) is 47.4 Å². The van der Waals surface area contributed by atoms with Crippen molar-refractivity contribution in [2.45, 2.75) is 25.2 Å². The molecule has 2 aromatic carbocycles. The molecule has 0 spiro atoms. The second kappa shape index (κ2) is 6.66. The number of methoxy groups -OCH3 is 1. The first kappa shape index (κ1) is 15.3. The Bertz CT molecular complexity index is 641. The Balaban J connectivity index is 2.09. The Morgan fingerprint density at radius 1 is 1.23 bits per heavy atom. The highest BCUT2D eigenvalue weighted by atomic mass is 32.2. The maximum atomic E-state index is 5.51. The summed E-state index contributed by atoms with van der Waals surface area (Å²) in [6.45, 7) is 5.48. The van der Waals surface area contributed by atoms with E-state index in [0.717, 1.165) is 12.3 Å². The number of hydrogen-bond donors (Lipinski definition) is 0. The van der Waals surface area contributed by atoms with E-state index in [9.17, 15) is 0 Å². The van der Waals surface area contributed by atoms with Crippen molar-refractivity contribution in [1.29, 1.82) is 0 Å². The van der Waals surface area contributed by atoms with Crippen molar-refractivity contribution in [3.05, 3.63) is 48.0 Å². The Hall–Kier alpha value is -1.61. The summed E-state index contributed by atoms with van der Waals surface area (Å²) in [5.74, 6) is 2.84. The SMILES string of the molecule is CCC1CSc2cc(OC)c(C)cc2N(c2ccccc2)C1. The summed E-state index contributed by atoms with van der Waals surface area (Å²) >= 11 is 1.96. The minimum Gasteiger partial charge on any atom is -0.496 e. The largest absolute Gasteiger partial charge is 0.496 e. The molecule has 3 rings (SSSR count). The lowest BCUT2D eigenvalue weighted by molar-refractivity contribution is 0.410. The van der Waals surface area contributed by atoms with Crippen LogP contribution in [0.4, 0.5) is 11.4 Å². The fourth-order valence-electron chi connectivity index (χ4n) is 2.92. The van der Waals surface area contributed by atoms with Gasteiger partial charge in [0.25, 0.3) is 0 Å². The summed E-state index contributed by atoms with van der Waals surface area (Å²) in [5, 5.41) is 0. The number of aryl methyl sites for hydroxylation is 1. The quantitative estimate of drug-likeness (QED) is 0.765. The van der Waals surface area contributed by atoms with Crippen LogP contribution in [-0.2, 0) is 0 Å². The molecule has 1 aliphatic heterocycles. The van der Waals surface area contributed by atoms with Gasteiger partial charge in [-0.05, 0) is 42.7 Å². The molecule has 0 aliphatic carbocycles. The van der Waals surface area contributed by atoms with Crippen molar-refractivity contribution >= 4 is 23.1 Å². The number of nitrogens with zero attached hydrogens (tertiary/aromatic N) is 1. The van der Waals surface area contributed by atoms with Gasteiger partial charge >= 0.3 is 0 Å². The highest BCUT2D eigenvalue weighted by molar-refractivity contribution is 7.99. The Morgan fingerprint density at radius 3 is 2.68 bits per heavy atom. The first-order valence-corrected chi connectivity index (χ1v) is 8.85. The lowest BCUT2D eigenvalue weighted by Crippen LogP contribution is -2.24. The lowest BCUT2D eigenvalue weighted by Gasteiger charge is -2.28. The van der Waals surface area contributed by atoms with E-state index in [1.807, 2.05) is 11.8 Å². The molecule has 0 N–H and O–H groups in total. The van der Waals surface area contributed by atoms with Crippen LogP contribution in [0.1, 0.15) is 18.9 Å². The van der Waals surface area contributed by atoms with Gasteiger partial charge in [-0.1, -0.05) is 31.5 Å². The monoisotopic (exact) mass is 313 g/mol. The number of thioether (sulfide) groups is 1. The number of benzene rings is 2. The van der Waals surface area contributed by atoms with Gasteiger partial charge in [0.15, 0.2) is 0 Å². The third-order valence-electron chi connectivity index (χ3n) is 4.33. The normalized spacial score (nSPS) is 17.8. The van der Waals surface area contributed by atoms with Crippen molar-refractivity contribution in [3.63, 3.8) is 0 Å². The molecule has 0 bridgehead atoms. The maximum Gasteiger partial charge on any atom is 0.123 e. The van der Waals surface area contributed by atoms with Crippen LogP contribution < -0.4 is 9.64 Å². The summed E-state index contributed by atoms with van der Waals surface area (Å²) in [7, 11) is 1.75. The predicted octanol–water partition coefficient (Wildman–Crippen LogP) is 5.27. The number of hydrogen-bond acceptors (Lipinski definition) is 3. The van der Waals surface area contributed by atoms with Crippen LogP contribution in [0.25, 0.3) is 0 Å². The Labute approximate surface area is 137 Å². The second-order valence-corrected chi connectivity index (χ2v) is 6.88. The van der Waals surface area contributed by atoms with Gasteiger partial charge in [-0.3, -0.25) is 0 Å². The number of anilines is 2. The molecule has 0 radical (unpaired) electrons. The van der Waals surface area contributed by atoms with Crippen molar-refractivity contribution < 1.29 is 4.74 Å². The molecular weight excluding hydrogens is 290 g/mol. The molecule has 0 aromatic heterocycles. The maximum absolute atomic E-state index is 5.51. The zero-order valence-corrected chi connectivity index (χ0v) is 14.3. The smallest absolute Gasteiger partial charge is 0.123 e. The fraction of sp³-hybridized carbons (Fsp3) is 0.368. The van der Waals surface area contributed by atoms with Crippen molar-refractivity contribution in [2.75, 3.05) is 24.3 Å². The van der Waals surface area contributed by atoms with Crippen molar-refractivity contribution in [1.82, 2.24) is 0 Å². The molecular formula is C19H23NOS. The van der Waals surface area contributed by atoms with Crippen LogP contribution >= 0.6 is 11.8 Å².